The number of benzene rings is 2. The Labute approximate surface area is 265 Å². The highest BCUT2D eigenvalue weighted by Crippen LogP contribution is 2.37. The topological polar surface area (TPSA) is 35.6 Å². The third-order valence-electron chi connectivity index (χ3n) is 8.96. The standard InChI is InChI=1S/C38H34N4S2/c1(3-9-21-41-33-13-7-5-11-29(33)31-15-19-39-35(37(31)41)27-17-23-43-25-27)2-4-10-22-42-34-14-8-6-12-30(34)32-16-20-40-36(38(32)42)28-18-24-44-26-28/h5-8,11-20,23-26H,1-4,9-10,21-22H2. The lowest BCUT2D eigenvalue weighted by Crippen LogP contribution is -2.00. The molecule has 4 nitrogen and oxygen atoms in total. The third kappa shape index (κ3) is 4.83. The molecule has 0 aliphatic rings. The molecule has 6 heteroatoms. The Kier molecular flexibility index (Phi) is 7.46. The molecule has 0 atom stereocenters. The maximum absolute atomic E-state index is 4.84. The summed E-state index contributed by atoms with van der Waals surface area (Å²) >= 11 is 3.47. The lowest BCUT2D eigenvalue weighted by molar-refractivity contribution is 0.545. The first-order valence-electron chi connectivity index (χ1n) is 15.7. The Bertz CT molecular complexity index is 2030. The number of fused-ring (bicyclic) bond motifs is 6. The predicted octanol–water partition coefficient (Wildman–Crippen LogP) is 11.2. The van der Waals surface area contributed by atoms with Crippen molar-refractivity contribution < 1.29 is 0 Å². The van der Waals surface area contributed by atoms with E-state index in [1.54, 1.807) is 22.7 Å². The zero-order valence-corrected chi connectivity index (χ0v) is 26.3. The van der Waals surface area contributed by atoms with Gasteiger partial charge in [0.05, 0.1) is 22.4 Å². The molecule has 8 aromatic rings. The van der Waals surface area contributed by atoms with Gasteiger partial charge in [0, 0.05) is 79.9 Å². The van der Waals surface area contributed by atoms with E-state index in [4.69, 9.17) is 9.97 Å². The fourth-order valence-electron chi connectivity index (χ4n) is 6.94. The molecule has 6 heterocycles. The van der Waals surface area contributed by atoms with Crippen molar-refractivity contribution in [2.45, 2.75) is 51.6 Å². The number of rotatable bonds is 11. The van der Waals surface area contributed by atoms with Crippen LogP contribution in [0.25, 0.3) is 66.1 Å². The summed E-state index contributed by atoms with van der Waals surface area (Å²) in [4.78, 5) is 9.69. The van der Waals surface area contributed by atoms with E-state index in [-0.39, 0.29) is 0 Å². The Morgan fingerprint density at radius 2 is 0.932 bits per heavy atom. The summed E-state index contributed by atoms with van der Waals surface area (Å²) in [6.45, 7) is 2.04. The lowest BCUT2D eigenvalue weighted by Gasteiger charge is -2.11. The second-order valence-electron chi connectivity index (χ2n) is 11.6. The van der Waals surface area contributed by atoms with Gasteiger partial charge in [0.25, 0.3) is 0 Å². The number of aryl methyl sites for hydroxylation is 2. The van der Waals surface area contributed by atoms with Gasteiger partial charge in [-0.05, 0) is 60.0 Å². The van der Waals surface area contributed by atoms with E-state index in [2.05, 4.69) is 103 Å². The van der Waals surface area contributed by atoms with E-state index < -0.39 is 0 Å². The van der Waals surface area contributed by atoms with E-state index in [0.29, 0.717) is 0 Å². The van der Waals surface area contributed by atoms with Gasteiger partial charge in [-0.3, -0.25) is 9.97 Å². The normalized spacial score (nSPS) is 11.9. The molecule has 0 saturated carbocycles. The first-order chi connectivity index (χ1) is 21.9. The molecule has 2 aromatic carbocycles. The fourth-order valence-corrected chi connectivity index (χ4v) is 8.22. The molecule has 0 aliphatic heterocycles. The van der Waals surface area contributed by atoms with Crippen LogP contribution in [-0.2, 0) is 13.1 Å². The molecular weight excluding hydrogens is 577 g/mol. The molecule has 0 bridgehead atoms. The molecule has 8 rings (SSSR count). The van der Waals surface area contributed by atoms with Gasteiger partial charge in [0.2, 0.25) is 0 Å². The van der Waals surface area contributed by atoms with Crippen LogP contribution in [0.5, 0.6) is 0 Å². The van der Waals surface area contributed by atoms with Crippen LogP contribution in [-0.4, -0.2) is 19.1 Å². The van der Waals surface area contributed by atoms with Gasteiger partial charge in [-0.2, -0.15) is 22.7 Å². The van der Waals surface area contributed by atoms with Gasteiger partial charge < -0.3 is 9.13 Å². The first-order valence-corrected chi connectivity index (χ1v) is 17.5. The van der Waals surface area contributed by atoms with Crippen LogP contribution in [0.3, 0.4) is 0 Å². The summed E-state index contributed by atoms with van der Waals surface area (Å²) < 4.78 is 5.04. The zero-order chi connectivity index (χ0) is 29.3. The van der Waals surface area contributed by atoms with Crippen molar-refractivity contribution >= 4 is 66.3 Å². The van der Waals surface area contributed by atoms with Crippen LogP contribution in [0.2, 0.25) is 0 Å². The van der Waals surface area contributed by atoms with Crippen molar-refractivity contribution in [1.82, 2.24) is 19.1 Å². The summed E-state index contributed by atoms with van der Waals surface area (Å²) in [6, 6.07) is 26.4. The van der Waals surface area contributed by atoms with Gasteiger partial charge in [0.15, 0.2) is 0 Å². The number of para-hydroxylation sites is 2. The summed E-state index contributed by atoms with van der Waals surface area (Å²) in [5.41, 5.74) is 9.80. The summed E-state index contributed by atoms with van der Waals surface area (Å²) in [5.74, 6) is 0. The number of hydrogen-bond donors (Lipinski definition) is 0. The smallest absolute Gasteiger partial charge is 0.0953 e. The van der Waals surface area contributed by atoms with Crippen molar-refractivity contribution in [3.63, 3.8) is 0 Å². The quantitative estimate of drug-likeness (QED) is 0.137. The molecule has 44 heavy (non-hydrogen) atoms. The highest BCUT2D eigenvalue weighted by atomic mass is 32.1. The van der Waals surface area contributed by atoms with Gasteiger partial charge in [-0.25, -0.2) is 0 Å². The number of pyridine rings is 2. The van der Waals surface area contributed by atoms with E-state index >= 15 is 0 Å². The SMILES string of the molecule is c1ccc2c(c1)c1ccnc(-c3ccsc3)c1n2CCCCCCCCn1c2ccccc2c2ccnc(-c3ccsc3)c21. The largest absolute Gasteiger partial charge is 0.339 e. The molecule has 218 valence electrons. The van der Waals surface area contributed by atoms with Gasteiger partial charge >= 0.3 is 0 Å². The number of aromatic nitrogens is 4. The van der Waals surface area contributed by atoms with Crippen LogP contribution in [0.1, 0.15) is 38.5 Å². The zero-order valence-electron chi connectivity index (χ0n) is 24.7. The van der Waals surface area contributed by atoms with Gasteiger partial charge in [-0.1, -0.05) is 62.1 Å². The maximum atomic E-state index is 4.84. The fraction of sp³-hybridized carbons (Fsp3) is 0.211. The average Bonchev–Trinajstić information content (AvgIpc) is 3.89. The summed E-state index contributed by atoms with van der Waals surface area (Å²) in [7, 11) is 0. The predicted molar refractivity (Wildman–Crippen MR) is 189 cm³/mol. The molecular formula is C38H34N4S2. The molecule has 0 N–H and O–H groups in total. The van der Waals surface area contributed by atoms with Crippen LogP contribution in [0.4, 0.5) is 0 Å². The van der Waals surface area contributed by atoms with Crippen LogP contribution in [0, 0.1) is 0 Å². The molecule has 0 radical (unpaired) electrons. The third-order valence-corrected chi connectivity index (χ3v) is 10.3. The summed E-state index contributed by atoms with van der Waals surface area (Å²) in [5, 5.41) is 14.0. The van der Waals surface area contributed by atoms with Crippen molar-refractivity contribution in [2.75, 3.05) is 0 Å². The lowest BCUT2D eigenvalue weighted by atomic mass is 10.1. The highest BCUT2D eigenvalue weighted by molar-refractivity contribution is 7.08. The van der Waals surface area contributed by atoms with Gasteiger partial charge in [0.1, 0.15) is 0 Å². The van der Waals surface area contributed by atoms with E-state index in [1.165, 1.54) is 93.3 Å². The molecule has 0 spiro atoms. The molecule has 0 amide bonds. The molecule has 0 unspecified atom stereocenters. The van der Waals surface area contributed by atoms with E-state index in [0.717, 1.165) is 24.5 Å². The Morgan fingerprint density at radius 3 is 1.39 bits per heavy atom. The van der Waals surface area contributed by atoms with Crippen LogP contribution < -0.4 is 0 Å². The van der Waals surface area contributed by atoms with E-state index in [9.17, 15) is 0 Å². The number of unbranched alkanes of at least 4 members (excludes halogenated alkanes) is 5. The molecule has 0 saturated heterocycles. The van der Waals surface area contributed by atoms with Crippen LogP contribution >= 0.6 is 22.7 Å². The number of thiophene rings is 2. The first kappa shape index (κ1) is 27.3. The Hall–Kier alpha value is -4.26. The minimum absolute atomic E-state index is 1.02. The maximum Gasteiger partial charge on any atom is 0.0953 e. The van der Waals surface area contributed by atoms with Crippen molar-refractivity contribution in [2.24, 2.45) is 0 Å². The molecule has 6 aromatic heterocycles. The number of hydrogen-bond acceptors (Lipinski definition) is 4. The highest BCUT2D eigenvalue weighted by Gasteiger charge is 2.17. The minimum atomic E-state index is 1.02. The molecule has 0 fully saturated rings. The van der Waals surface area contributed by atoms with Crippen molar-refractivity contribution in [1.29, 1.82) is 0 Å². The van der Waals surface area contributed by atoms with Crippen molar-refractivity contribution in [3.8, 4) is 22.5 Å². The average molecular weight is 611 g/mol. The number of nitrogens with zero attached hydrogens (tertiary/aromatic N) is 4. The van der Waals surface area contributed by atoms with E-state index in [1.807, 2.05) is 12.4 Å². The second kappa shape index (κ2) is 12.0. The Morgan fingerprint density at radius 1 is 0.477 bits per heavy atom. The van der Waals surface area contributed by atoms with Gasteiger partial charge in [-0.15, -0.1) is 0 Å². The Balaban J connectivity index is 0.939. The van der Waals surface area contributed by atoms with Crippen molar-refractivity contribution in [3.05, 3.63) is 107 Å². The summed E-state index contributed by atoms with van der Waals surface area (Å²) in [6.07, 6.45) is 11.3. The second-order valence-corrected chi connectivity index (χ2v) is 13.2. The van der Waals surface area contributed by atoms with Crippen LogP contribution in [0.15, 0.2) is 107 Å². The minimum Gasteiger partial charge on any atom is -0.339 e. The monoisotopic (exact) mass is 610 g/mol. The molecule has 0 aliphatic carbocycles.